The molecule has 9 heteroatoms. The second kappa shape index (κ2) is 9.49. The van der Waals surface area contributed by atoms with Gasteiger partial charge >= 0.3 is 0 Å². The van der Waals surface area contributed by atoms with E-state index in [2.05, 4.69) is 20.6 Å². The number of anilines is 1. The van der Waals surface area contributed by atoms with Gasteiger partial charge in [-0.05, 0) is 43.0 Å². The van der Waals surface area contributed by atoms with Crippen molar-refractivity contribution in [1.82, 2.24) is 15.3 Å². The lowest BCUT2D eigenvalue weighted by molar-refractivity contribution is 0.0933. The molecule has 3 heterocycles. The quantitative estimate of drug-likeness (QED) is 0.553. The van der Waals surface area contributed by atoms with E-state index in [-0.39, 0.29) is 11.9 Å². The Hall–Kier alpha value is -2.91. The SMILES string of the molecule is COc1ccc(CCNc2ncnc3sc(C(=O)N[C@H]4CCOC4)c(C)c23)cc1OC. The van der Waals surface area contributed by atoms with E-state index in [0.717, 1.165) is 40.0 Å². The van der Waals surface area contributed by atoms with Crippen molar-refractivity contribution in [2.45, 2.75) is 25.8 Å². The molecule has 2 aromatic heterocycles. The highest BCUT2D eigenvalue weighted by Gasteiger charge is 2.23. The Bertz CT molecular complexity index is 1080. The van der Waals surface area contributed by atoms with Crippen LogP contribution in [0.3, 0.4) is 0 Å². The highest BCUT2D eigenvalue weighted by Crippen LogP contribution is 2.33. The van der Waals surface area contributed by atoms with Gasteiger partial charge < -0.3 is 24.8 Å². The van der Waals surface area contributed by atoms with Crippen LogP contribution >= 0.6 is 11.3 Å². The van der Waals surface area contributed by atoms with E-state index < -0.39 is 0 Å². The number of nitrogens with one attached hydrogen (secondary N) is 2. The molecular formula is C22H26N4O4S. The van der Waals surface area contributed by atoms with Gasteiger partial charge in [-0.3, -0.25) is 4.79 Å². The number of methoxy groups -OCH3 is 2. The first-order valence-electron chi connectivity index (χ1n) is 10.2. The summed E-state index contributed by atoms with van der Waals surface area (Å²) in [7, 11) is 3.25. The third-order valence-electron chi connectivity index (χ3n) is 5.35. The number of thiophene rings is 1. The molecule has 3 aromatic rings. The van der Waals surface area contributed by atoms with Crippen LogP contribution in [0.5, 0.6) is 11.5 Å². The second-order valence-electron chi connectivity index (χ2n) is 7.36. The minimum Gasteiger partial charge on any atom is -0.493 e. The number of ether oxygens (including phenoxy) is 3. The third-order valence-corrected chi connectivity index (χ3v) is 6.55. The second-order valence-corrected chi connectivity index (χ2v) is 8.36. The standard InChI is InChI=1S/C22H26N4O4S/c1-13-18-20(23-8-6-14-4-5-16(28-2)17(10-14)29-3)24-12-25-22(18)31-19(13)21(27)26-15-7-9-30-11-15/h4-5,10,12,15H,6-9,11H2,1-3H3,(H,26,27)(H,23,24,25)/t15-/m0/s1. The molecule has 1 amide bonds. The summed E-state index contributed by atoms with van der Waals surface area (Å²) in [6.45, 7) is 3.88. The normalized spacial score (nSPS) is 15.8. The first-order valence-corrected chi connectivity index (χ1v) is 11.0. The third kappa shape index (κ3) is 4.57. The molecule has 1 aliphatic rings. The fourth-order valence-electron chi connectivity index (χ4n) is 3.68. The van der Waals surface area contributed by atoms with Gasteiger partial charge in [0, 0.05) is 13.2 Å². The first-order chi connectivity index (χ1) is 15.1. The number of rotatable bonds is 8. The van der Waals surface area contributed by atoms with Gasteiger partial charge in [-0.25, -0.2) is 9.97 Å². The van der Waals surface area contributed by atoms with Crippen molar-refractivity contribution in [2.24, 2.45) is 0 Å². The largest absolute Gasteiger partial charge is 0.493 e. The van der Waals surface area contributed by atoms with Gasteiger partial charge in [0.05, 0.1) is 37.1 Å². The van der Waals surface area contributed by atoms with Crippen LogP contribution in [0.2, 0.25) is 0 Å². The fraction of sp³-hybridized carbons (Fsp3) is 0.409. The van der Waals surface area contributed by atoms with Crippen LogP contribution in [0.4, 0.5) is 5.82 Å². The number of nitrogens with zero attached hydrogens (tertiary/aromatic N) is 2. The molecule has 0 radical (unpaired) electrons. The minimum absolute atomic E-state index is 0.0716. The Morgan fingerprint density at radius 2 is 2.10 bits per heavy atom. The maximum absolute atomic E-state index is 12.8. The van der Waals surface area contributed by atoms with Crippen LogP contribution in [0, 0.1) is 6.92 Å². The van der Waals surface area contributed by atoms with Gasteiger partial charge in [-0.1, -0.05) is 6.07 Å². The van der Waals surface area contributed by atoms with E-state index >= 15 is 0 Å². The van der Waals surface area contributed by atoms with Gasteiger partial charge in [0.1, 0.15) is 17.0 Å². The van der Waals surface area contributed by atoms with Crippen molar-refractivity contribution < 1.29 is 19.0 Å². The number of aryl methyl sites for hydroxylation is 1. The molecule has 0 unspecified atom stereocenters. The summed E-state index contributed by atoms with van der Waals surface area (Å²) in [5, 5.41) is 7.35. The maximum atomic E-state index is 12.8. The summed E-state index contributed by atoms with van der Waals surface area (Å²) in [5.74, 6) is 2.08. The summed E-state index contributed by atoms with van der Waals surface area (Å²) >= 11 is 1.39. The molecule has 4 rings (SSSR count). The first kappa shape index (κ1) is 21.3. The average Bonchev–Trinajstić information content (AvgIpc) is 3.41. The van der Waals surface area contributed by atoms with E-state index in [1.165, 1.54) is 17.7 Å². The Labute approximate surface area is 184 Å². The molecule has 1 atom stereocenters. The molecule has 31 heavy (non-hydrogen) atoms. The van der Waals surface area contributed by atoms with E-state index in [0.29, 0.717) is 36.1 Å². The zero-order valence-corrected chi connectivity index (χ0v) is 18.7. The fourth-order valence-corrected chi connectivity index (χ4v) is 4.73. The van der Waals surface area contributed by atoms with Crippen molar-refractivity contribution in [3.8, 4) is 11.5 Å². The lowest BCUT2D eigenvalue weighted by atomic mass is 10.1. The highest BCUT2D eigenvalue weighted by molar-refractivity contribution is 7.20. The van der Waals surface area contributed by atoms with Crippen LogP contribution < -0.4 is 20.1 Å². The van der Waals surface area contributed by atoms with E-state index in [9.17, 15) is 4.79 Å². The van der Waals surface area contributed by atoms with Crippen LogP contribution in [-0.2, 0) is 11.2 Å². The maximum Gasteiger partial charge on any atom is 0.262 e. The van der Waals surface area contributed by atoms with Crippen molar-refractivity contribution in [2.75, 3.05) is 39.3 Å². The van der Waals surface area contributed by atoms with Crippen molar-refractivity contribution in [3.63, 3.8) is 0 Å². The molecule has 0 spiro atoms. The molecule has 0 aliphatic carbocycles. The zero-order valence-electron chi connectivity index (χ0n) is 17.9. The Kier molecular flexibility index (Phi) is 6.53. The van der Waals surface area contributed by atoms with Gasteiger partial charge in [0.2, 0.25) is 0 Å². The molecule has 0 bridgehead atoms. The smallest absolute Gasteiger partial charge is 0.262 e. The molecule has 0 saturated carbocycles. The number of amides is 1. The van der Waals surface area contributed by atoms with Crippen molar-refractivity contribution in [1.29, 1.82) is 0 Å². The van der Waals surface area contributed by atoms with Gasteiger partial charge in [0.15, 0.2) is 11.5 Å². The molecule has 1 aliphatic heterocycles. The molecule has 164 valence electrons. The van der Waals surface area contributed by atoms with Crippen molar-refractivity contribution >= 4 is 33.3 Å². The topological polar surface area (TPSA) is 94.6 Å². The lowest BCUT2D eigenvalue weighted by Crippen LogP contribution is -2.34. The van der Waals surface area contributed by atoms with E-state index in [4.69, 9.17) is 14.2 Å². The van der Waals surface area contributed by atoms with Crippen LogP contribution in [0.25, 0.3) is 10.2 Å². The summed E-state index contributed by atoms with van der Waals surface area (Å²) in [6.07, 6.45) is 3.16. The number of fused-ring (bicyclic) bond motifs is 1. The van der Waals surface area contributed by atoms with Crippen LogP contribution in [0.1, 0.15) is 27.2 Å². The molecular weight excluding hydrogens is 416 g/mol. The summed E-state index contributed by atoms with van der Waals surface area (Å²) in [6, 6.07) is 5.97. The summed E-state index contributed by atoms with van der Waals surface area (Å²) in [4.78, 5) is 23.0. The highest BCUT2D eigenvalue weighted by atomic mass is 32.1. The average molecular weight is 443 g/mol. The van der Waals surface area contributed by atoms with Gasteiger partial charge in [0.25, 0.3) is 5.91 Å². The molecule has 2 N–H and O–H groups in total. The molecule has 1 fully saturated rings. The Balaban J connectivity index is 1.48. The van der Waals surface area contributed by atoms with Crippen LogP contribution in [-0.4, -0.2) is 55.9 Å². The number of aromatic nitrogens is 2. The number of hydrogen-bond donors (Lipinski definition) is 2. The monoisotopic (exact) mass is 442 g/mol. The van der Waals surface area contributed by atoms with E-state index in [1.807, 2.05) is 25.1 Å². The van der Waals surface area contributed by atoms with Crippen molar-refractivity contribution in [3.05, 3.63) is 40.5 Å². The Morgan fingerprint density at radius 1 is 1.26 bits per heavy atom. The predicted octanol–water partition coefficient (Wildman–Crippen LogP) is 3.19. The van der Waals surface area contributed by atoms with E-state index in [1.54, 1.807) is 14.2 Å². The van der Waals surface area contributed by atoms with Crippen LogP contribution in [0.15, 0.2) is 24.5 Å². The lowest BCUT2D eigenvalue weighted by Gasteiger charge is -2.11. The number of carbonyl (C=O) groups is 1. The number of carbonyl (C=O) groups excluding carboxylic acids is 1. The molecule has 8 nitrogen and oxygen atoms in total. The molecule has 1 aromatic carbocycles. The number of benzene rings is 1. The zero-order chi connectivity index (χ0) is 21.8. The molecule has 1 saturated heterocycles. The summed E-state index contributed by atoms with van der Waals surface area (Å²) in [5.41, 5.74) is 2.02. The predicted molar refractivity (Wildman–Crippen MR) is 121 cm³/mol. The minimum atomic E-state index is -0.0766. The van der Waals surface area contributed by atoms with Gasteiger partial charge in [-0.2, -0.15) is 0 Å². The summed E-state index contributed by atoms with van der Waals surface area (Å²) < 4.78 is 16.0. The number of hydrogen-bond acceptors (Lipinski definition) is 8. The Morgan fingerprint density at radius 3 is 2.84 bits per heavy atom. The van der Waals surface area contributed by atoms with Gasteiger partial charge in [-0.15, -0.1) is 11.3 Å².